The van der Waals surface area contributed by atoms with E-state index in [-0.39, 0.29) is 5.69 Å². The molecule has 1 heterocycles. The van der Waals surface area contributed by atoms with Gasteiger partial charge in [0, 0.05) is 10.8 Å². The van der Waals surface area contributed by atoms with E-state index >= 15 is 0 Å². The number of hydrogen-bond acceptors (Lipinski definition) is 4. The number of benzene rings is 1. The Hall–Kier alpha value is -1.52. The average Bonchev–Trinajstić information content (AvgIpc) is 2.17. The maximum atomic E-state index is 8.97. The first-order valence-corrected chi connectivity index (χ1v) is 3.85. The van der Waals surface area contributed by atoms with Gasteiger partial charge in [-0.25, -0.2) is 0 Å². The van der Waals surface area contributed by atoms with Crippen LogP contribution >= 0.6 is 0 Å². The summed E-state index contributed by atoms with van der Waals surface area (Å²) < 4.78 is 0. The Labute approximate surface area is 74.5 Å². The maximum Gasteiger partial charge on any atom is 0.198 e. The highest BCUT2D eigenvalue weighted by atomic mass is 16.5. The molecule has 13 heavy (non-hydrogen) atoms. The Morgan fingerprint density at radius 1 is 1.15 bits per heavy atom. The normalized spacial score (nSPS) is 11.0. The van der Waals surface area contributed by atoms with Crippen LogP contribution in [0.4, 0.5) is 0 Å². The molecule has 0 aliphatic rings. The van der Waals surface area contributed by atoms with E-state index in [1.165, 1.54) is 0 Å². The highest BCUT2D eigenvalue weighted by Crippen LogP contribution is 2.18. The molecule has 2 aromatic rings. The fraction of sp³-hybridized carbons (Fsp3) is 0.111. The average molecular weight is 176 g/mol. The minimum atomic E-state index is -1.57. The van der Waals surface area contributed by atoms with Crippen molar-refractivity contribution in [3.8, 4) is 0 Å². The van der Waals surface area contributed by atoms with Crippen LogP contribution < -0.4 is 0 Å². The van der Waals surface area contributed by atoms with Crippen LogP contribution in [0.25, 0.3) is 10.8 Å². The Balaban J connectivity index is 2.76. The van der Waals surface area contributed by atoms with Crippen LogP contribution in [0.1, 0.15) is 12.0 Å². The molecule has 0 spiro atoms. The summed E-state index contributed by atoms with van der Waals surface area (Å²) in [5.74, 6) is 0. The zero-order valence-electron chi connectivity index (χ0n) is 6.75. The van der Waals surface area contributed by atoms with Crippen molar-refractivity contribution in [2.75, 3.05) is 0 Å². The summed E-state index contributed by atoms with van der Waals surface area (Å²) in [6.07, 6.45) is 0.0138. The lowest BCUT2D eigenvalue weighted by Gasteiger charge is -2.04. The lowest BCUT2D eigenvalue weighted by molar-refractivity contribution is -0.0451. The maximum absolute atomic E-state index is 8.97. The van der Waals surface area contributed by atoms with Gasteiger partial charge in [-0.05, 0) is 0 Å². The SMILES string of the molecule is OC(O)c1nncc2ccccc12. The van der Waals surface area contributed by atoms with E-state index in [1.807, 2.05) is 18.2 Å². The summed E-state index contributed by atoms with van der Waals surface area (Å²) in [5, 5.41) is 26.8. The predicted octanol–water partition coefficient (Wildman–Crippen LogP) is 0.613. The summed E-state index contributed by atoms with van der Waals surface area (Å²) in [7, 11) is 0. The van der Waals surface area contributed by atoms with E-state index in [9.17, 15) is 0 Å². The lowest BCUT2D eigenvalue weighted by atomic mass is 10.1. The van der Waals surface area contributed by atoms with E-state index in [0.29, 0.717) is 5.39 Å². The van der Waals surface area contributed by atoms with Gasteiger partial charge in [-0.3, -0.25) is 0 Å². The molecule has 0 amide bonds. The van der Waals surface area contributed by atoms with E-state index < -0.39 is 6.29 Å². The van der Waals surface area contributed by atoms with E-state index in [2.05, 4.69) is 10.2 Å². The predicted molar refractivity (Wildman–Crippen MR) is 46.7 cm³/mol. The second-order valence-corrected chi connectivity index (χ2v) is 2.69. The van der Waals surface area contributed by atoms with E-state index in [1.54, 1.807) is 12.3 Å². The zero-order valence-corrected chi connectivity index (χ0v) is 6.75. The number of rotatable bonds is 1. The minimum absolute atomic E-state index is 0.193. The highest BCUT2D eigenvalue weighted by Gasteiger charge is 2.08. The van der Waals surface area contributed by atoms with Gasteiger partial charge in [0.2, 0.25) is 0 Å². The molecular formula is C9H8N2O2. The van der Waals surface area contributed by atoms with Gasteiger partial charge in [0.15, 0.2) is 6.29 Å². The third kappa shape index (κ3) is 1.37. The monoisotopic (exact) mass is 176 g/mol. The van der Waals surface area contributed by atoms with Crippen molar-refractivity contribution in [3.63, 3.8) is 0 Å². The van der Waals surface area contributed by atoms with Gasteiger partial charge < -0.3 is 10.2 Å². The smallest absolute Gasteiger partial charge is 0.198 e. The van der Waals surface area contributed by atoms with Crippen molar-refractivity contribution >= 4 is 10.8 Å². The number of fused-ring (bicyclic) bond motifs is 1. The summed E-state index contributed by atoms with van der Waals surface area (Å²) in [6, 6.07) is 7.29. The van der Waals surface area contributed by atoms with Gasteiger partial charge in [0.25, 0.3) is 0 Å². The number of aliphatic hydroxyl groups is 2. The zero-order chi connectivity index (χ0) is 9.26. The summed E-state index contributed by atoms with van der Waals surface area (Å²) in [4.78, 5) is 0. The van der Waals surface area contributed by atoms with Crippen LogP contribution in [0.5, 0.6) is 0 Å². The summed E-state index contributed by atoms with van der Waals surface area (Å²) in [5.41, 5.74) is 0.193. The van der Waals surface area contributed by atoms with Crippen molar-refractivity contribution in [1.82, 2.24) is 10.2 Å². The second kappa shape index (κ2) is 3.08. The molecule has 2 rings (SSSR count). The quantitative estimate of drug-likeness (QED) is 0.625. The lowest BCUT2D eigenvalue weighted by Crippen LogP contribution is -2.01. The molecule has 4 nitrogen and oxygen atoms in total. The van der Waals surface area contributed by atoms with Crippen LogP contribution in [0.3, 0.4) is 0 Å². The fourth-order valence-corrected chi connectivity index (χ4v) is 1.24. The van der Waals surface area contributed by atoms with Crippen LogP contribution in [0.15, 0.2) is 30.5 Å². The molecule has 0 atom stereocenters. The van der Waals surface area contributed by atoms with Crippen molar-refractivity contribution in [2.24, 2.45) is 0 Å². The molecule has 0 unspecified atom stereocenters. The van der Waals surface area contributed by atoms with Gasteiger partial charge in [-0.15, -0.1) is 5.10 Å². The molecule has 2 N–H and O–H groups in total. The number of nitrogens with zero attached hydrogens (tertiary/aromatic N) is 2. The van der Waals surface area contributed by atoms with Gasteiger partial charge in [0.05, 0.1) is 6.20 Å². The summed E-state index contributed by atoms with van der Waals surface area (Å²) in [6.45, 7) is 0. The molecule has 0 aliphatic heterocycles. The molecule has 0 saturated heterocycles. The third-order valence-corrected chi connectivity index (χ3v) is 1.84. The van der Waals surface area contributed by atoms with Crippen molar-refractivity contribution in [3.05, 3.63) is 36.2 Å². The fourth-order valence-electron chi connectivity index (χ4n) is 1.24. The van der Waals surface area contributed by atoms with Crippen LogP contribution in [-0.4, -0.2) is 20.4 Å². The molecule has 0 saturated carbocycles. The summed E-state index contributed by atoms with van der Waals surface area (Å²) >= 11 is 0. The first-order valence-electron chi connectivity index (χ1n) is 3.85. The Morgan fingerprint density at radius 2 is 1.92 bits per heavy atom. The van der Waals surface area contributed by atoms with Crippen LogP contribution in [0, 0.1) is 0 Å². The Kier molecular flexibility index (Phi) is 1.92. The molecule has 0 aliphatic carbocycles. The third-order valence-electron chi connectivity index (χ3n) is 1.84. The topological polar surface area (TPSA) is 66.2 Å². The highest BCUT2D eigenvalue weighted by molar-refractivity contribution is 5.83. The molecule has 66 valence electrons. The molecule has 1 aromatic carbocycles. The molecule has 1 aromatic heterocycles. The number of aliphatic hydroxyl groups excluding tert-OH is 1. The molecule has 0 radical (unpaired) electrons. The Morgan fingerprint density at radius 3 is 2.69 bits per heavy atom. The standard InChI is InChI=1S/C9H8N2O2/c12-9(13)8-7-4-2-1-3-6(7)5-10-11-8/h1-5,9,12-13H. The molecular weight excluding hydrogens is 168 g/mol. The number of hydrogen-bond donors (Lipinski definition) is 2. The number of aromatic nitrogens is 2. The van der Waals surface area contributed by atoms with Crippen molar-refractivity contribution < 1.29 is 10.2 Å². The minimum Gasteiger partial charge on any atom is -0.363 e. The first kappa shape index (κ1) is 8.10. The first-order chi connectivity index (χ1) is 6.29. The van der Waals surface area contributed by atoms with Gasteiger partial charge in [0.1, 0.15) is 5.69 Å². The molecule has 0 bridgehead atoms. The van der Waals surface area contributed by atoms with E-state index in [0.717, 1.165) is 5.39 Å². The van der Waals surface area contributed by atoms with Gasteiger partial charge in [-0.1, -0.05) is 24.3 Å². The van der Waals surface area contributed by atoms with Gasteiger partial charge >= 0.3 is 0 Å². The van der Waals surface area contributed by atoms with Crippen molar-refractivity contribution in [2.45, 2.75) is 6.29 Å². The largest absolute Gasteiger partial charge is 0.363 e. The van der Waals surface area contributed by atoms with Crippen molar-refractivity contribution in [1.29, 1.82) is 0 Å². The van der Waals surface area contributed by atoms with Crippen LogP contribution in [-0.2, 0) is 0 Å². The molecule has 4 heteroatoms. The second-order valence-electron chi connectivity index (χ2n) is 2.69. The van der Waals surface area contributed by atoms with Gasteiger partial charge in [-0.2, -0.15) is 5.10 Å². The Bertz CT molecular complexity index is 423. The molecule has 0 fully saturated rings. The van der Waals surface area contributed by atoms with Crippen LogP contribution in [0.2, 0.25) is 0 Å². The van der Waals surface area contributed by atoms with E-state index in [4.69, 9.17) is 10.2 Å².